The molecule has 0 aliphatic rings. The van der Waals surface area contributed by atoms with Gasteiger partial charge in [0.05, 0.1) is 0 Å². The van der Waals surface area contributed by atoms with Crippen LogP contribution in [0.5, 0.6) is 5.75 Å². The minimum atomic E-state index is -0.593. The molecule has 0 aromatic heterocycles. The molecule has 17 heavy (non-hydrogen) atoms. The standard InChI is InChI=1S/C12H17FO3S/c1-3-15-11(16-4-2)8-17-10-7-5-6-9(14)12(10)13/h5-7,11,14H,3-4,8H2,1-2H3. The monoisotopic (exact) mass is 260 g/mol. The van der Waals surface area contributed by atoms with Crippen molar-refractivity contribution in [3.05, 3.63) is 24.0 Å². The average molecular weight is 260 g/mol. The largest absolute Gasteiger partial charge is 0.505 e. The first-order chi connectivity index (χ1) is 8.19. The first-order valence-corrected chi connectivity index (χ1v) is 6.51. The highest BCUT2D eigenvalue weighted by atomic mass is 32.2. The highest BCUT2D eigenvalue weighted by Gasteiger charge is 2.12. The fourth-order valence-electron chi connectivity index (χ4n) is 1.28. The van der Waals surface area contributed by atoms with Crippen molar-refractivity contribution < 1.29 is 19.0 Å². The van der Waals surface area contributed by atoms with Gasteiger partial charge in [-0.05, 0) is 26.0 Å². The van der Waals surface area contributed by atoms with Crippen molar-refractivity contribution in [3.63, 3.8) is 0 Å². The quantitative estimate of drug-likeness (QED) is 0.604. The van der Waals surface area contributed by atoms with E-state index < -0.39 is 5.82 Å². The SMILES string of the molecule is CCOC(CSc1cccc(O)c1F)OCC. The van der Waals surface area contributed by atoms with Crippen LogP contribution in [-0.4, -0.2) is 30.4 Å². The second-order valence-corrected chi connectivity index (χ2v) is 4.30. The van der Waals surface area contributed by atoms with E-state index in [4.69, 9.17) is 9.47 Å². The van der Waals surface area contributed by atoms with Crippen molar-refractivity contribution >= 4 is 11.8 Å². The molecule has 0 unspecified atom stereocenters. The second kappa shape index (κ2) is 7.53. The van der Waals surface area contributed by atoms with Gasteiger partial charge in [-0.1, -0.05) is 6.07 Å². The fourth-order valence-corrected chi connectivity index (χ4v) is 2.20. The Hall–Kier alpha value is -0.780. The number of hydrogen-bond donors (Lipinski definition) is 1. The highest BCUT2D eigenvalue weighted by Crippen LogP contribution is 2.28. The van der Waals surface area contributed by atoms with Gasteiger partial charge in [0, 0.05) is 23.9 Å². The number of hydrogen-bond acceptors (Lipinski definition) is 4. The van der Waals surface area contributed by atoms with Gasteiger partial charge >= 0.3 is 0 Å². The lowest BCUT2D eigenvalue weighted by molar-refractivity contribution is -0.120. The van der Waals surface area contributed by atoms with Crippen molar-refractivity contribution in [2.24, 2.45) is 0 Å². The molecule has 0 amide bonds. The summed E-state index contributed by atoms with van der Waals surface area (Å²) in [6, 6.07) is 4.55. The summed E-state index contributed by atoms with van der Waals surface area (Å²) in [6.07, 6.45) is -0.350. The fraction of sp³-hybridized carbons (Fsp3) is 0.500. The Kier molecular flexibility index (Phi) is 6.32. The van der Waals surface area contributed by atoms with E-state index in [9.17, 15) is 9.50 Å². The zero-order chi connectivity index (χ0) is 12.7. The molecule has 0 spiro atoms. The summed E-state index contributed by atoms with van der Waals surface area (Å²) in [4.78, 5) is 0.398. The molecule has 0 fully saturated rings. The third-order valence-corrected chi connectivity index (χ3v) is 3.09. The summed E-state index contributed by atoms with van der Waals surface area (Å²) >= 11 is 1.26. The van der Waals surface area contributed by atoms with Gasteiger partial charge in [-0.15, -0.1) is 11.8 Å². The van der Waals surface area contributed by atoms with Crippen molar-refractivity contribution in [3.8, 4) is 5.75 Å². The molecule has 0 saturated carbocycles. The number of thioether (sulfide) groups is 1. The van der Waals surface area contributed by atoms with Gasteiger partial charge in [-0.3, -0.25) is 0 Å². The van der Waals surface area contributed by atoms with Crippen molar-refractivity contribution in [2.45, 2.75) is 25.0 Å². The molecule has 1 aromatic carbocycles. The topological polar surface area (TPSA) is 38.7 Å². The van der Waals surface area contributed by atoms with Crippen molar-refractivity contribution in [1.29, 1.82) is 0 Å². The number of benzene rings is 1. The maximum absolute atomic E-state index is 13.5. The Morgan fingerprint density at radius 3 is 2.53 bits per heavy atom. The molecule has 0 aliphatic carbocycles. The van der Waals surface area contributed by atoms with E-state index in [-0.39, 0.29) is 12.0 Å². The van der Waals surface area contributed by atoms with E-state index in [1.54, 1.807) is 12.1 Å². The van der Waals surface area contributed by atoms with Crippen LogP contribution < -0.4 is 0 Å². The van der Waals surface area contributed by atoms with E-state index >= 15 is 0 Å². The Morgan fingerprint density at radius 2 is 1.94 bits per heavy atom. The maximum Gasteiger partial charge on any atom is 0.178 e. The predicted molar refractivity (Wildman–Crippen MR) is 65.8 cm³/mol. The molecular weight excluding hydrogens is 243 g/mol. The van der Waals surface area contributed by atoms with Gasteiger partial charge in [0.25, 0.3) is 0 Å². The Bertz CT molecular complexity index is 341. The smallest absolute Gasteiger partial charge is 0.178 e. The van der Waals surface area contributed by atoms with Crippen LogP contribution >= 0.6 is 11.8 Å². The van der Waals surface area contributed by atoms with Crippen LogP contribution in [0, 0.1) is 5.82 Å². The molecule has 1 rings (SSSR count). The lowest BCUT2D eigenvalue weighted by Gasteiger charge is -2.16. The second-order valence-electron chi connectivity index (χ2n) is 3.24. The number of phenolic OH excluding ortho intramolecular Hbond substituents is 1. The van der Waals surface area contributed by atoms with Crippen LogP contribution in [-0.2, 0) is 9.47 Å². The number of rotatable bonds is 7. The van der Waals surface area contributed by atoms with Gasteiger partial charge < -0.3 is 14.6 Å². The van der Waals surface area contributed by atoms with Crippen molar-refractivity contribution in [1.82, 2.24) is 0 Å². The number of ether oxygens (including phenoxy) is 2. The highest BCUT2D eigenvalue weighted by molar-refractivity contribution is 7.99. The van der Waals surface area contributed by atoms with Crippen LogP contribution in [0.3, 0.4) is 0 Å². The lowest BCUT2D eigenvalue weighted by atomic mass is 10.3. The van der Waals surface area contributed by atoms with Crippen LogP contribution in [0.2, 0.25) is 0 Å². The third-order valence-electron chi connectivity index (χ3n) is 2.02. The van der Waals surface area contributed by atoms with E-state index in [1.807, 2.05) is 13.8 Å². The molecule has 0 radical (unpaired) electrons. The lowest BCUT2D eigenvalue weighted by Crippen LogP contribution is -2.20. The van der Waals surface area contributed by atoms with Crippen molar-refractivity contribution in [2.75, 3.05) is 19.0 Å². The average Bonchev–Trinajstić information content (AvgIpc) is 2.31. The summed E-state index contributed by atoms with van der Waals surface area (Å²) in [5, 5.41) is 9.22. The zero-order valence-electron chi connectivity index (χ0n) is 9.98. The molecule has 3 nitrogen and oxygen atoms in total. The first-order valence-electron chi connectivity index (χ1n) is 5.52. The maximum atomic E-state index is 13.5. The zero-order valence-corrected chi connectivity index (χ0v) is 10.8. The first kappa shape index (κ1) is 14.3. The van der Waals surface area contributed by atoms with Crippen LogP contribution in [0.4, 0.5) is 4.39 Å². The predicted octanol–water partition coefficient (Wildman–Crippen LogP) is 3.02. The Labute approximate surface area is 105 Å². The molecule has 1 N–H and O–H groups in total. The molecule has 96 valence electrons. The number of halogens is 1. The van der Waals surface area contributed by atoms with Gasteiger partial charge in [-0.2, -0.15) is 0 Å². The van der Waals surface area contributed by atoms with Gasteiger partial charge in [0.2, 0.25) is 0 Å². The van der Waals surface area contributed by atoms with Crippen LogP contribution in [0.15, 0.2) is 23.1 Å². The number of aromatic hydroxyl groups is 1. The molecule has 0 atom stereocenters. The van der Waals surface area contributed by atoms with E-state index in [0.717, 1.165) is 0 Å². The van der Waals surface area contributed by atoms with Gasteiger partial charge in [0.15, 0.2) is 17.9 Å². The minimum absolute atomic E-state index is 0.334. The van der Waals surface area contributed by atoms with E-state index in [1.165, 1.54) is 17.8 Å². The summed E-state index contributed by atoms with van der Waals surface area (Å²) < 4.78 is 24.2. The van der Waals surface area contributed by atoms with Crippen LogP contribution in [0.1, 0.15) is 13.8 Å². The molecule has 0 aliphatic heterocycles. The molecule has 0 saturated heterocycles. The molecule has 0 heterocycles. The Balaban J connectivity index is 2.55. The molecular formula is C12H17FO3S. The van der Waals surface area contributed by atoms with E-state index in [0.29, 0.717) is 23.9 Å². The summed E-state index contributed by atoms with van der Waals surface area (Å²) in [6.45, 7) is 4.86. The normalized spacial score (nSPS) is 11.1. The summed E-state index contributed by atoms with van der Waals surface area (Å²) in [7, 11) is 0. The molecule has 0 bridgehead atoms. The molecule has 1 aromatic rings. The van der Waals surface area contributed by atoms with E-state index in [2.05, 4.69) is 0 Å². The minimum Gasteiger partial charge on any atom is -0.505 e. The Morgan fingerprint density at radius 1 is 1.29 bits per heavy atom. The van der Waals surface area contributed by atoms with Gasteiger partial charge in [0.1, 0.15) is 0 Å². The molecule has 5 heteroatoms. The summed E-state index contributed by atoms with van der Waals surface area (Å²) in [5.41, 5.74) is 0. The third kappa shape index (κ3) is 4.53. The number of phenols is 1. The van der Waals surface area contributed by atoms with Crippen LogP contribution in [0.25, 0.3) is 0 Å². The van der Waals surface area contributed by atoms with Gasteiger partial charge in [-0.25, -0.2) is 4.39 Å². The summed E-state index contributed by atoms with van der Waals surface area (Å²) in [5.74, 6) is -0.439.